The standard InChI is InChI=1S/C16H23N3O5/c1-2-8-16(18,14(21)22)9-12(13(17)20)19-15(23)24-10-11-6-4-3-5-7-11/h3-7,12H,2,8-10,18H2,1H3,(H2,17,20)(H,19,23)(H,21,22)/t12-,16?/m0/s1. The molecule has 132 valence electrons. The maximum absolute atomic E-state index is 11.8. The largest absolute Gasteiger partial charge is 0.480 e. The Morgan fingerprint density at radius 2 is 1.92 bits per heavy atom. The molecule has 2 atom stereocenters. The van der Waals surface area contributed by atoms with Crippen LogP contribution < -0.4 is 16.8 Å². The van der Waals surface area contributed by atoms with Gasteiger partial charge in [-0.05, 0) is 12.0 Å². The molecule has 8 heteroatoms. The summed E-state index contributed by atoms with van der Waals surface area (Å²) in [4.78, 5) is 34.7. The van der Waals surface area contributed by atoms with E-state index in [0.29, 0.717) is 6.42 Å². The van der Waals surface area contributed by atoms with Crippen molar-refractivity contribution in [1.29, 1.82) is 0 Å². The molecule has 0 fully saturated rings. The fraction of sp³-hybridized carbons (Fsp3) is 0.438. The first kappa shape index (κ1) is 19.4. The van der Waals surface area contributed by atoms with Gasteiger partial charge < -0.3 is 26.6 Å². The van der Waals surface area contributed by atoms with Gasteiger partial charge >= 0.3 is 12.1 Å². The van der Waals surface area contributed by atoms with Crippen molar-refractivity contribution in [3.63, 3.8) is 0 Å². The molecule has 0 aliphatic heterocycles. The molecular weight excluding hydrogens is 314 g/mol. The molecule has 2 amide bonds. The van der Waals surface area contributed by atoms with E-state index in [1.54, 1.807) is 31.2 Å². The average Bonchev–Trinajstić information content (AvgIpc) is 2.53. The molecule has 0 aliphatic rings. The van der Waals surface area contributed by atoms with Gasteiger partial charge in [0.05, 0.1) is 0 Å². The highest BCUT2D eigenvalue weighted by molar-refractivity contribution is 5.86. The van der Waals surface area contributed by atoms with Crippen LogP contribution in [0.4, 0.5) is 4.79 Å². The minimum atomic E-state index is -1.65. The van der Waals surface area contributed by atoms with Crippen LogP contribution in [0.1, 0.15) is 31.7 Å². The fourth-order valence-corrected chi connectivity index (χ4v) is 2.24. The van der Waals surface area contributed by atoms with E-state index in [0.717, 1.165) is 5.56 Å². The Kier molecular flexibility index (Phi) is 7.19. The number of carbonyl (C=O) groups is 3. The molecule has 0 saturated heterocycles. The monoisotopic (exact) mass is 337 g/mol. The third kappa shape index (κ3) is 5.88. The van der Waals surface area contributed by atoms with Crippen molar-refractivity contribution in [1.82, 2.24) is 5.32 Å². The molecule has 0 radical (unpaired) electrons. The van der Waals surface area contributed by atoms with E-state index in [2.05, 4.69) is 5.32 Å². The second-order valence-corrected chi connectivity index (χ2v) is 5.58. The number of primary amides is 1. The molecule has 0 saturated carbocycles. The Hall–Kier alpha value is -2.61. The number of carboxylic acids is 1. The molecule has 1 unspecified atom stereocenters. The lowest BCUT2D eigenvalue weighted by atomic mass is 9.87. The predicted octanol–water partition coefficient (Wildman–Crippen LogP) is 0.739. The van der Waals surface area contributed by atoms with Crippen molar-refractivity contribution in [2.75, 3.05) is 0 Å². The van der Waals surface area contributed by atoms with Crippen molar-refractivity contribution < 1.29 is 24.2 Å². The van der Waals surface area contributed by atoms with E-state index < -0.39 is 29.6 Å². The predicted molar refractivity (Wildman–Crippen MR) is 86.8 cm³/mol. The zero-order valence-corrected chi connectivity index (χ0v) is 13.5. The number of nitrogens with one attached hydrogen (secondary N) is 1. The summed E-state index contributed by atoms with van der Waals surface area (Å²) in [5.41, 5.74) is 10.2. The van der Waals surface area contributed by atoms with Crippen LogP contribution in [0.2, 0.25) is 0 Å². The number of amides is 2. The van der Waals surface area contributed by atoms with E-state index in [1.165, 1.54) is 0 Å². The first-order valence-corrected chi connectivity index (χ1v) is 7.57. The van der Waals surface area contributed by atoms with Gasteiger partial charge in [0.15, 0.2) is 0 Å². The lowest BCUT2D eigenvalue weighted by Gasteiger charge is -2.28. The topological polar surface area (TPSA) is 145 Å². The van der Waals surface area contributed by atoms with Crippen molar-refractivity contribution in [3.8, 4) is 0 Å². The van der Waals surface area contributed by atoms with Gasteiger partial charge in [0.25, 0.3) is 0 Å². The maximum atomic E-state index is 11.8. The molecule has 0 bridgehead atoms. The van der Waals surface area contributed by atoms with Gasteiger partial charge in [-0.2, -0.15) is 0 Å². The number of hydrogen-bond donors (Lipinski definition) is 4. The molecule has 0 aliphatic carbocycles. The molecule has 1 aromatic rings. The van der Waals surface area contributed by atoms with Crippen LogP contribution in [0.25, 0.3) is 0 Å². The SMILES string of the molecule is CCCC(N)(C[C@H](NC(=O)OCc1ccccc1)C(N)=O)C(=O)O. The summed E-state index contributed by atoms with van der Waals surface area (Å²) in [7, 11) is 0. The van der Waals surface area contributed by atoms with E-state index in [4.69, 9.17) is 16.2 Å². The first-order chi connectivity index (χ1) is 11.3. The number of rotatable bonds is 9. The third-order valence-corrected chi connectivity index (χ3v) is 3.54. The molecule has 0 aromatic heterocycles. The Labute approximate surface area is 140 Å². The van der Waals surface area contributed by atoms with E-state index in [9.17, 15) is 19.5 Å². The van der Waals surface area contributed by atoms with Crippen molar-refractivity contribution >= 4 is 18.0 Å². The lowest BCUT2D eigenvalue weighted by molar-refractivity contribution is -0.144. The van der Waals surface area contributed by atoms with Crippen molar-refractivity contribution in [2.45, 2.75) is 44.4 Å². The van der Waals surface area contributed by atoms with Crippen LogP contribution in [0.15, 0.2) is 30.3 Å². The Morgan fingerprint density at radius 1 is 1.29 bits per heavy atom. The summed E-state index contributed by atoms with van der Waals surface area (Å²) in [5, 5.41) is 11.5. The molecule has 6 N–H and O–H groups in total. The summed E-state index contributed by atoms with van der Waals surface area (Å²) in [6, 6.07) is 7.73. The zero-order chi connectivity index (χ0) is 18.2. The number of benzene rings is 1. The highest BCUT2D eigenvalue weighted by atomic mass is 16.5. The van der Waals surface area contributed by atoms with Crippen LogP contribution >= 0.6 is 0 Å². The van der Waals surface area contributed by atoms with Gasteiger partial charge in [-0.25, -0.2) is 4.79 Å². The summed E-state index contributed by atoms with van der Waals surface area (Å²) in [5.74, 6) is -2.13. The Bertz CT molecular complexity index is 578. The first-order valence-electron chi connectivity index (χ1n) is 7.57. The zero-order valence-electron chi connectivity index (χ0n) is 13.5. The van der Waals surface area contributed by atoms with E-state index in [1.807, 2.05) is 6.07 Å². The van der Waals surface area contributed by atoms with Gasteiger partial charge in [0, 0.05) is 6.42 Å². The lowest BCUT2D eigenvalue weighted by Crippen LogP contribution is -2.56. The van der Waals surface area contributed by atoms with Crippen LogP contribution in [0.3, 0.4) is 0 Å². The van der Waals surface area contributed by atoms with Crippen molar-refractivity contribution in [3.05, 3.63) is 35.9 Å². The van der Waals surface area contributed by atoms with E-state index in [-0.39, 0.29) is 19.4 Å². The minimum absolute atomic E-state index is 0.0137. The Balaban J connectivity index is 2.66. The average molecular weight is 337 g/mol. The highest BCUT2D eigenvalue weighted by Gasteiger charge is 2.38. The number of carboxylic acid groups (broad SMARTS) is 1. The maximum Gasteiger partial charge on any atom is 0.408 e. The fourth-order valence-electron chi connectivity index (χ4n) is 2.24. The Morgan fingerprint density at radius 3 is 2.42 bits per heavy atom. The van der Waals surface area contributed by atoms with E-state index >= 15 is 0 Å². The summed E-state index contributed by atoms with van der Waals surface area (Å²) < 4.78 is 5.00. The molecule has 24 heavy (non-hydrogen) atoms. The second-order valence-electron chi connectivity index (χ2n) is 5.58. The molecule has 0 heterocycles. The molecule has 0 spiro atoms. The van der Waals surface area contributed by atoms with Gasteiger partial charge in [0.2, 0.25) is 5.91 Å². The minimum Gasteiger partial charge on any atom is -0.480 e. The van der Waals surface area contributed by atoms with Gasteiger partial charge in [0.1, 0.15) is 18.2 Å². The highest BCUT2D eigenvalue weighted by Crippen LogP contribution is 2.17. The smallest absolute Gasteiger partial charge is 0.408 e. The van der Waals surface area contributed by atoms with Crippen LogP contribution in [0.5, 0.6) is 0 Å². The van der Waals surface area contributed by atoms with Crippen LogP contribution in [-0.2, 0) is 20.9 Å². The normalized spacial score (nSPS) is 14.2. The van der Waals surface area contributed by atoms with Gasteiger partial charge in [-0.15, -0.1) is 0 Å². The summed E-state index contributed by atoms with van der Waals surface area (Å²) >= 11 is 0. The second kappa shape index (κ2) is 8.88. The molecule has 8 nitrogen and oxygen atoms in total. The number of alkyl carbamates (subject to hydrolysis) is 1. The molecule has 1 rings (SSSR count). The molecular formula is C16H23N3O5. The number of hydrogen-bond acceptors (Lipinski definition) is 5. The van der Waals surface area contributed by atoms with Crippen LogP contribution in [0, 0.1) is 0 Å². The number of nitrogens with two attached hydrogens (primary N) is 2. The summed E-state index contributed by atoms with van der Waals surface area (Å²) in [6.45, 7) is 1.78. The van der Waals surface area contributed by atoms with Gasteiger partial charge in [-0.3, -0.25) is 9.59 Å². The number of ether oxygens (including phenoxy) is 1. The number of carbonyl (C=O) groups excluding carboxylic acids is 2. The number of aliphatic carboxylic acids is 1. The quantitative estimate of drug-likeness (QED) is 0.523. The van der Waals surface area contributed by atoms with Crippen molar-refractivity contribution in [2.24, 2.45) is 11.5 Å². The summed E-state index contributed by atoms with van der Waals surface area (Å²) in [6.07, 6.45) is -0.530. The van der Waals surface area contributed by atoms with Gasteiger partial charge in [-0.1, -0.05) is 43.7 Å². The third-order valence-electron chi connectivity index (χ3n) is 3.54. The molecule has 1 aromatic carbocycles. The van der Waals surface area contributed by atoms with Crippen LogP contribution in [-0.4, -0.2) is 34.7 Å².